The summed E-state index contributed by atoms with van der Waals surface area (Å²) in [6.07, 6.45) is 3.93. The van der Waals surface area contributed by atoms with Crippen molar-refractivity contribution >= 4 is 24.2 Å². The van der Waals surface area contributed by atoms with Gasteiger partial charge >= 0.3 is 0 Å². The van der Waals surface area contributed by atoms with E-state index in [-0.39, 0.29) is 18.1 Å². The smallest absolute Gasteiger partial charge is 0.153 e. The lowest BCUT2D eigenvalue weighted by molar-refractivity contribution is 0.360. The zero-order valence-corrected chi connectivity index (χ0v) is 19.0. The van der Waals surface area contributed by atoms with Gasteiger partial charge in [-0.3, -0.25) is 4.99 Å². The third kappa shape index (κ3) is 9.29. The van der Waals surface area contributed by atoms with Gasteiger partial charge in [0.05, 0.1) is 12.5 Å². The number of unbranched alkanes of at least 4 members (excludes halogenated alkanes) is 2. The predicted molar refractivity (Wildman–Crippen MR) is 128 cm³/mol. The largest absolute Gasteiger partial charge is 0.374 e. The molecule has 1 atom stereocenters. The summed E-state index contributed by atoms with van der Waals surface area (Å²) in [5.41, 5.74) is 7.45. The van der Waals surface area contributed by atoms with Crippen molar-refractivity contribution in [2.75, 3.05) is 25.6 Å². The first-order valence-electron chi connectivity index (χ1n) is 10.5. The summed E-state index contributed by atoms with van der Waals surface area (Å²) < 4.78 is 28.2. The second-order valence-corrected chi connectivity index (χ2v) is 7.29. The summed E-state index contributed by atoms with van der Waals surface area (Å²) in [6, 6.07) is 4.86. The molecule has 0 fully saturated rings. The first-order valence-corrected chi connectivity index (χ1v) is 11.0. The van der Waals surface area contributed by atoms with Gasteiger partial charge in [0.2, 0.25) is 0 Å². The molecule has 0 spiro atoms. The van der Waals surface area contributed by atoms with Gasteiger partial charge in [-0.1, -0.05) is 30.7 Å². The van der Waals surface area contributed by atoms with E-state index in [0.717, 1.165) is 37.1 Å². The van der Waals surface area contributed by atoms with Crippen LogP contribution in [0.25, 0.3) is 0 Å². The SMILES string of the molecule is C=CC/C(NCCl)=C(\CNCCCCCN)C(N=C)=NCc1cccc(C(C)F)c1F. The molecule has 1 aromatic carbocycles. The summed E-state index contributed by atoms with van der Waals surface area (Å²) in [5, 5.41) is 6.50. The standard InChI is InChI=1S/C23H34ClF2N5/c1-4-9-21(31-16-24)20(15-29-13-7-5-6-12-27)23(28-3)30-14-18-10-8-11-19(17(2)25)22(18)26/h4,8,10-11,17,29,31H,1,3,5-7,9,12-16,27H2,2H3/b21-20-,30-23?. The van der Waals surface area contributed by atoms with Gasteiger partial charge in [-0.2, -0.15) is 0 Å². The fourth-order valence-corrected chi connectivity index (χ4v) is 3.22. The minimum Gasteiger partial charge on any atom is -0.374 e. The molecule has 0 bridgehead atoms. The second-order valence-electron chi connectivity index (χ2n) is 7.02. The third-order valence-corrected chi connectivity index (χ3v) is 4.84. The summed E-state index contributed by atoms with van der Waals surface area (Å²) in [6.45, 7) is 10.7. The molecule has 31 heavy (non-hydrogen) atoms. The molecule has 0 amide bonds. The van der Waals surface area contributed by atoms with Crippen LogP contribution in [0.3, 0.4) is 0 Å². The summed E-state index contributed by atoms with van der Waals surface area (Å²) in [7, 11) is 0. The number of nitrogens with two attached hydrogens (primary N) is 1. The van der Waals surface area contributed by atoms with Crippen LogP contribution in [0.5, 0.6) is 0 Å². The maximum Gasteiger partial charge on any atom is 0.153 e. The monoisotopic (exact) mass is 453 g/mol. The highest BCUT2D eigenvalue weighted by atomic mass is 35.5. The fraction of sp³-hybridized carbons (Fsp3) is 0.478. The molecular weight excluding hydrogens is 420 g/mol. The summed E-state index contributed by atoms with van der Waals surface area (Å²) >= 11 is 5.90. The average Bonchev–Trinajstić information content (AvgIpc) is 2.75. The van der Waals surface area contributed by atoms with Crippen LogP contribution in [-0.2, 0) is 6.54 Å². The van der Waals surface area contributed by atoms with E-state index in [1.165, 1.54) is 13.0 Å². The predicted octanol–water partition coefficient (Wildman–Crippen LogP) is 4.79. The number of nitrogens with one attached hydrogen (secondary N) is 2. The highest BCUT2D eigenvalue weighted by Gasteiger charge is 2.15. The van der Waals surface area contributed by atoms with E-state index in [1.54, 1.807) is 18.2 Å². The second kappa shape index (κ2) is 15.7. The Balaban J connectivity index is 3.12. The highest BCUT2D eigenvalue weighted by Crippen LogP contribution is 2.23. The van der Waals surface area contributed by atoms with Gasteiger partial charge in [-0.15, -0.1) is 18.2 Å². The molecule has 0 aliphatic carbocycles. The number of hydrogen-bond acceptors (Lipinski definition) is 4. The molecule has 1 aromatic rings. The first-order chi connectivity index (χ1) is 15.0. The zero-order valence-electron chi connectivity index (χ0n) is 18.3. The van der Waals surface area contributed by atoms with Crippen molar-refractivity contribution in [1.29, 1.82) is 0 Å². The van der Waals surface area contributed by atoms with Gasteiger partial charge in [0.15, 0.2) is 5.84 Å². The van der Waals surface area contributed by atoms with E-state index < -0.39 is 12.0 Å². The van der Waals surface area contributed by atoms with Crippen molar-refractivity contribution in [2.24, 2.45) is 15.7 Å². The van der Waals surface area contributed by atoms with E-state index in [0.29, 0.717) is 30.9 Å². The van der Waals surface area contributed by atoms with Crippen LogP contribution in [0.15, 0.2) is 52.1 Å². The lowest BCUT2D eigenvalue weighted by Crippen LogP contribution is -2.26. The molecule has 1 unspecified atom stereocenters. The lowest BCUT2D eigenvalue weighted by Gasteiger charge is -2.16. The van der Waals surface area contributed by atoms with E-state index in [2.05, 4.69) is 33.9 Å². The molecule has 0 heterocycles. The molecule has 0 aliphatic heterocycles. The molecular formula is C23H34ClF2N5. The van der Waals surface area contributed by atoms with Gasteiger partial charge in [0, 0.05) is 35.4 Å². The fourth-order valence-electron chi connectivity index (χ4n) is 3.06. The van der Waals surface area contributed by atoms with E-state index in [1.807, 2.05) is 0 Å². The summed E-state index contributed by atoms with van der Waals surface area (Å²) in [5.74, 6) is -0.208. The number of benzene rings is 1. The van der Waals surface area contributed by atoms with Crippen LogP contribution < -0.4 is 16.4 Å². The maximum atomic E-state index is 14.6. The zero-order chi connectivity index (χ0) is 23.1. The van der Waals surface area contributed by atoms with Gasteiger partial charge in [-0.05, 0) is 39.6 Å². The van der Waals surface area contributed by atoms with Gasteiger partial charge in [0.25, 0.3) is 0 Å². The average molecular weight is 454 g/mol. The number of alkyl halides is 2. The molecule has 5 nitrogen and oxygen atoms in total. The van der Waals surface area contributed by atoms with Crippen LogP contribution in [0, 0.1) is 5.82 Å². The number of aliphatic imine (C=N–C) groups is 2. The molecule has 8 heteroatoms. The Labute approximate surface area is 189 Å². The van der Waals surface area contributed by atoms with Crippen LogP contribution in [0.4, 0.5) is 8.78 Å². The molecule has 4 N–H and O–H groups in total. The van der Waals surface area contributed by atoms with Crippen LogP contribution in [0.2, 0.25) is 0 Å². The van der Waals surface area contributed by atoms with Crippen LogP contribution >= 0.6 is 11.6 Å². The van der Waals surface area contributed by atoms with Crippen molar-refractivity contribution in [3.05, 3.63) is 59.1 Å². The molecule has 0 saturated heterocycles. The van der Waals surface area contributed by atoms with Crippen molar-refractivity contribution in [3.63, 3.8) is 0 Å². The molecule has 0 aromatic heterocycles. The Morgan fingerprint density at radius 1 is 1.32 bits per heavy atom. The van der Waals surface area contributed by atoms with Gasteiger partial charge < -0.3 is 16.4 Å². The number of amidine groups is 1. The topological polar surface area (TPSA) is 74.8 Å². The van der Waals surface area contributed by atoms with Gasteiger partial charge in [0.1, 0.15) is 12.0 Å². The van der Waals surface area contributed by atoms with Gasteiger partial charge in [-0.25, -0.2) is 13.8 Å². The summed E-state index contributed by atoms with van der Waals surface area (Å²) in [4.78, 5) is 8.56. The Morgan fingerprint density at radius 3 is 2.71 bits per heavy atom. The normalized spacial score (nSPS) is 13.5. The minimum atomic E-state index is -1.40. The number of nitrogens with zero attached hydrogens (tertiary/aromatic N) is 2. The van der Waals surface area contributed by atoms with Crippen molar-refractivity contribution in [2.45, 2.75) is 45.3 Å². The Hall–Kier alpha value is -2.09. The van der Waals surface area contributed by atoms with Crippen LogP contribution in [0.1, 0.15) is 49.9 Å². The van der Waals surface area contributed by atoms with E-state index in [4.69, 9.17) is 17.3 Å². The van der Waals surface area contributed by atoms with Crippen molar-refractivity contribution < 1.29 is 8.78 Å². The Bertz CT molecular complexity index is 762. The number of halogens is 3. The molecule has 0 aliphatic rings. The minimum absolute atomic E-state index is 0.0169. The quantitative estimate of drug-likeness (QED) is 0.0892. The van der Waals surface area contributed by atoms with E-state index in [9.17, 15) is 8.78 Å². The Morgan fingerprint density at radius 2 is 2.10 bits per heavy atom. The first kappa shape index (κ1) is 26.9. The Kier molecular flexibility index (Phi) is 13.6. The maximum absolute atomic E-state index is 14.6. The number of allylic oxidation sites excluding steroid dienone is 1. The molecule has 1 rings (SSSR count). The highest BCUT2D eigenvalue weighted by molar-refractivity contribution is 6.17. The van der Waals surface area contributed by atoms with Crippen molar-refractivity contribution in [3.8, 4) is 0 Å². The molecule has 172 valence electrons. The van der Waals surface area contributed by atoms with Crippen LogP contribution in [-0.4, -0.2) is 38.2 Å². The third-order valence-electron chi connectivity index (χ3n) is 4.71. The number of hydrogen-bond donors (Lipinski definition) is 3. The molecule has 0 radical (unpaired) electrons. The lowest BCUT2D eigenvalue weighted by atomic mass is 10.1. The number of rotatable bonds is 15. The van der Waals surface area contributed by atoms with Crippen molar-refractivity contribution in [1.82, 2.24) is 10.6 Å². The molecule has 0 saturated carbocycles. The van der Waals surface area contributed by atoms with E-state index >= 15 is 0 Å².